The maximum atomic E-state index is 12.6. The van der Waals surface area contributed by atoms with E-state index < -0.39 is 17.9 Å². The second-order valence-electron chi connectivity index (χ2n) is 6.41. The Kier molecular flexibility index (Phi) is 2.35. The lowest BCUT2D eigenvalue weighted by atomic mass is 9.59. The molecule has 3 aliphatic carbocycles. The Hall–Kier alpha value is -1.72. The van der Waals surface area contributed by atoms with E-state index in [0.717, 1.165) is 30.6 Å². The molecule has 1 N–H and O–H groups in total. The van der Waals surface area contributed by atoms with Crippen molar-refractivity contribution in [3.8, 4) is 0 Å². The van der Waals surface area contributed by atoms with Crippen LogP contribution in [0.1, 0.15) is 32.1 Å². The standard InChI is InChI=1S/C14H16N2O4/c17-9-5-8(12(18)15-9)16-13(19)10-6-1-2-7(4-3-6)11(10)14(16)20/h6-8,10-11H,1-5H2,(H,15,17,18)/t6?,7?,8-,10-,11+/m1/s1. The van der Waals surface area contributed by atoms with Gasteiger partial charge in [0.25, 0.3) is 0 Å². The molecular formula is C14H16N2O4. The maximum absolute atomic E-state index is 12.6. The Bertz CT molecular complexity index is 505. The minimum absolute atomic E-state index is 0.0783. The quantitative estimate of drug-likeness (QED) is 0.674. The van der Waals surface area contributed by atoms with Gasteiger partial charge in [-0.15, -0.1) is 0 Å². The third-order valence-electron chi connectivity index (χ3n) is 5.52. The van der Waals surface area contributed by atoms with Crippen molar-refractivity contribution in [3.05, 3.63) is 0 Å². The average Bonchev–Trinajstić information content (AvgIpc) is 2.90. The molecule has 6 nitrogen and oxygen atoms in total. The number of imide groups is 2. The summed E-state index contributed by atoms with van der Waals surface area (Å²) in [7, 11) is 0. The predicted molar refractivity (Wildman–Crippen MR) is 65.8 cm³/mol. The van der Waals surface area contributed by atoms with E-state index in [-0.39, 0.29) is 41.9 Å². The molecule has 2 saturated heterocycles. The van der Waals surface area contributed by atoms with Gasteiger partial charge in [-0.05, 0) is 37.5 Å². The minimum Gasteiger partial charge on any atom is -0.295 e. The number of nitrogens with zero attached hydrogens (tertiary/aromatic N) is 1. The number of rotatable bonds is 1. The summed E-state index contributed by atoms with van der Waals surface area (Å²) in [5.74, 6) is -1.26. The van der Waals surface area contributed by atoms with Gasteiger partial charge in [-0.3, -0.25) is 29.4 Å². The Balaban J connectivity index is 1.69. The Labute approximate surface area is 115 Å². The van der Waals surface area contributed by atoms with Crippen LogP contribution in [0.4, 0.5) is 0 Å². The van der Waals surface area contributed by atoms with Crippen molar-refractivity contribution in [1.82, 2.24) is 10.2 Å². The molecule has 5 fully saturated rings. The molecule has 0 aromatic heterocycles. The SMILES string of the molecule is O=C1C[C@@H](N2C(=O)[C@@H]3C4CCC(CC4)[C@@H]3C2=O)C(=O)N1. The zero-order valence-electron chi connectivity index (χ0n) is 11.0. The summed E-state index contributed by atoms with van der Waals surface area (Å²) >= 11 is 0. The molecule has 5 rings (SSSR count). The third kappa shape index (κ3) is 1.39. The minimum atomic E-state index is -0.910. The second kappa shape index (κ2) is 3.90. The number of fused-ring (bicyclic) bond motifs is 2. The van der Waals surface area contributed by atoms with Crippen LogP contribution in [0.5, 0.6) is 0 Å². The number of amides is 4. The summed E-state index contributed by atoms with van der Waals surface area (Å²) in [6.45, 7) is 0. The van der Waals surface area contributed by atoms with E-state index in [1.807, 2.05) is 0 Å². The highest BCUT2D eigenvalue weighted by atomic mass is 16.2. The number of likely N-dealkylation sites (tertiary alicyclic amines) is 1. The first-order valence-corrected chi connectivity index (χ1v) is 7.28. The Morgan fingerprint density at radius 2 is 1.35 bits per heavy atom. The summed E-state index contributed by atoms with van der Waals surface area (Å²) < 4.78 is 0. The van der Waals surface area contributed by atoms with Crippen LogP contribution in [0.25, 0.3) is 0 Å². The number of carbonyl (C=O) groups excluding carboxylic acids is 4. The van der Waals surface area contributed by atoms with Gasteiger partial charge in [-0.25, -0.2) is 0 Å². The fourth-order valence-electron chi connectivity index (χ4n) is 4.65. The topological polar surface area (TPSA) is 83.6 Å². The van der Waals surface area contributed by atoms with Gasteiger partial charge in [0.05, 0.1) is 18.3 Å². The van der Waals surface area contributed by atoms with E-state index >= 15 is 0 Å². The first kappa shape index (κ1) is 12.1. The van der Waals surface area contributed by atoms with E-state index in [1.54, 1.807) is 0 Å². The van der Waals surface area contributed by atoms with Crippen LogP contribution in [0.3, 0.4) is 0 Å². The van der Waals surface area contributed by atoms with E-state index in [1.165, 1.54) is 0 Å². The molecule has 2 bridgehead atoms. The number of nitrogens with one attached hydrogen (secondary N) is 1. The normalized spacial score (nSPS) is 43.2. The van der Waals surface area contributed by atoms with Gasteiger partial charge in [0.2, 0.25) is 23.6 Å². The van der Waals surface area contributed by atoms with Crippen molar-refractivity contribution in [2.75, 3.05) is 0 Å². The van der Waals surface area contributed by atoms with Gasteiger partial charge in [-0.2, -0.15) is 0 Å². The summed E-state index contributed by atoms with van der Waals surface area (Å²) in [4.78, 5) is 49.4. The first-order valence-electron chi connectivity index (χ1n) is 7.28. The molecule has 2 heterocycles. The van der Waals surface area contributed by atoms with Gasteiger partial charge in [0.15, 0.2) is 0 Å². The van der Waals surface area contributed by atoms with Crippen molar-refractivity contribution in [2.45, 2.75) is 38.1 Å². The van der Waals surface area contributed by atoms with Crippen molar-refractivity contribution in [1.29, 1.82) is 0 Å². The van der Waals surface area contributed by atoms with Gasteiger partial charge in [0, 0.05) is 0 Å². The molecule has 3 saturated carbocycles. The molecular weight excluding hydrogens is 260 g/mol. The van der Waals surface area contributed by atoms with Crippen LogP contribution in [-0.2, 0) is 19.2 Å². The predicted octanol–water partition coefficient (Wildman–Crippen LogP) is -0.177. The molecule has 4 amide bonds. The monoisotopic (exact) mass is 276 g/mol. The van der Waals surface area contributed by atoms with E-state index in [9.17, 15) is 19.2 Å². The molecule has 0 aromatic carbocycles. The lowest BCUT2D eigenvalue weighted by Crippen LogP contribution is -2.45. The molecule has 2 aliphatic heterocycles. The summed E-state index contributed by atoms with van der Waals surface area (Å²) in [6, 6.07) is -0.910. The van der Waals surface area contributed by atoms with Crippen LogP contribution in [0, 0.1) is 23.7 Å². The maximum Gasteiger partial charge on any atom is 0.250 e. The van der Waals surface area contributed by atoms with Crippen LogP contribution in [0.2, 0.25) is 0 Å². The van der Waals surface area contributed by atoms with Gasteiger partial charge in [-0.1, -0.05) is 0 Å². The van der Waals surface area contributed by atoms with Gasteiger partial charge >= 0.3 is 0 Å². The Morgan fingerprint density at radius 1 is 0.850 bits per heavy atom. The zero-order chi connectivity index (χ0) is 14.0. The fourth-order valence-corrected chi connectivity index (χ4v) is 4.65. The van der Waals surface area contributed by atoms with Crippen molar-refractivity contribution >= 4 is 23.6 Å². The van der Waals surface area contributed by atoms with Gasteiger partial charge in [0.1, 0.15) is 6.04 Å². The second-order valence-corrected chi connectivity index (χ2v) is 6.41. The highest BCUT2D eigenvalue weighted by Crippen LogP contribution is 2.53. The number of hydrogen-bond acceptors (Lipinski definition) is 4. The molecule has 6 heteroatoms. The van der Waals surface area contributed by atoms with Crippen LogP contribution < -0.4 is 5.32 Å². The molecule has 20 heavy (non-hydrogen) atoms. The van der Waals surface area contributed by atoms with E-state index in [0.29, 0.717) is 0 Å². The molecule has 0 spiro atoms. The van der Waals surface area contributed by atoms with Crippen LogP contribution in [-0.4, -0.2) is 34.6 Å². The molecule has 106 valence electrons. The van der Waals surface area contributed by atoms with Crippen LogP contribution in [0.15, 0.2) is 0 Å². The molecule has 0 radical (unpaired) electrons. The summed E-state index contributed by atoms with van der Waals surface area (Å²) in [6.07, 6.45) is 3.96. The lowest BCUT2D eigenvalue weighted by molar-refractivity contribution is -0.146. The summed E-state index contributed by atoms with van der Waals surface area (Å²) in [5, 5.41) is 2.18. The van der Waals surface area contributed by atoms with E-state index in [2.05, 4.69) is 5.32 Å². The number of carbonyl (C=O) groups is 4. The van der Waals surface area contributed by atoms with Crippen molar-refractivity contribution in [3.63, 3.8) is 0 Å². The number of hydrogen-bond donors (Lipinski definition) is 1. The lowest BCUT2D eigenvalue weighted by Gasteiger charge is -2.42. The average molecular weight is 276 g/mol. The highest BCUT2D eigenvalue weighted by molar-refractivity contribution is 6.13. The first-order chi connectivity index (χ1) is 9.58. The van der Waals surface area contributed by atoms with Gasteiger partial charge < -0.3 is 0 Å². The molecule has 0 unspecified atom stereocenters. The Morgan fingerprint density at radius 3 is 1.75 bits per heavy atom. The molecule has 0 aromatic rings. The fraction of sp³-hybridized carbons (Fsp3) is 0.714. The summed E-state index contributed by atoms with van der Waals surface area (Å²) in [5.41, 5.74) is 0. The van der Waals surface area contributed by atoms with Crippen molar-refractivity contribution < 1.29 is 19.2 Å². The van der Waals surface area contributed by atoms with Crippen LogP contribution >= 0.6 is 0 Å². The largest absolute Gasteiger partial charge is 0.295 e. The third-order valence-corrected chi connectivity index (χ3v) is 5.52. The van der Waals surface area contributed by atoms with Crippen molar-refractivity contribution in [2.24, 2.45) is 23.7 Å². The zero-order valence-corrected chi connectivity index (χ0v) is 11.0. The smallest absolute Gasteiger partial charge is 0.250 e. The molecule has 3 atom stereocenters. The molecule has 5 aliphatic rings. The van der Waals surface area contributed by atoms with E-state index in [4.69, 9.17) is 0 Å². The highest BCUT2D eigenvalue weighted by Gasteiger charge is 2.60.